The van der Waals surface area contributed by atoms with E-state index in [1.807, 2.05) is 24.3 Å². The van der Waals surface area contributed by atoms with Gasteiger partial charge in [-0.2, -0.15) is 4.68 Å². The van der Waals surface area contributed by atoms with Crippen molar-refractivity contribution in [3.8, 4) is 11.4 Å². The lowest BCUT2D eigenvalue weighted by Crippen LogP contribution is -2.01. The molecule has 3 aromatic rings. The van der Waals surface area contributed by atoms with Crippen molar-refractivity contribution in [1.82, 2.24) is 20.2 Å². The molecule has 0 bridgehead atoms. The second kappa shape index (κ2) is 8.31. The van der Waals surface area contributed by atoms with Crippen molar-refractivity contribution in [3.05, 3.63) is 66.7 Å². The zero-order valence-corrected chi connectivity index (χ0v) is 16.6. The van der Waals surface area contributed by atoms with Gasteiger partial charge in [-0.15, -0.1) is 5.10 Å². The molecule has 0 unspecified atom stereocenters. The Morgan fingerprint density at radius 1 is 1.14 bits per heavy atom. The Labute approximate surface area is 170 Å². The molecule has 1 heterocycles. The number of rotatable bonds is 7. The van der Waals surface area contributed by atoms with Gasteiger partial charge in [0.15, 0.2) is 0 Å². The first-order valence-corrected chi connectivity index (χ1v) is 9.35. The summed E-state index contributed by atoms with van der Waals surface area (Å²) in [6, 6.07) is 9.78. The predicted octanol–water partition coefficient (Wildman–Crippen LogP) is 3.54. The number of nitrogens with zero attached hydrogens (tertiary/aromatic N) is 6. The van der Waals surface area contributed by atoms with Gasteiger partial charge in [0.05, 0.1) is 22.6 Å². The Morgan fingerprint density at radius 2 is 1.75 bits per heavy atom. The Hall–Kier alpha value is -3.06. The normalized spacial score (nSPS) is 10.6. The summed E-state index contributed by atoms with van der Waals surface area (Å²) in [7, 11) is 1.15. The largest absolute Gasteiger partial charge is 0.485 e. The lowest BCUT2D eigenvalue weighted by Gasteiger charge is -2.07. The van der Waals surface area contributed by atoms with Crippen LogP contribution in [0.4, 0.5) is 11.4 Å². The van der Waals surface area contributed by atoms with Crippen molar-refractivity contribution in [2.75, 3.05) is 7.11 Å². The van der Waals surface area contributed by atoms with E-state index in [1.54, 1.807) is 0 Å². The number of tetrazole rings is 1. The van der Waals surface area contributed by atoms with Gasteiger partial charge in [0.1, 0.15) is 0 Å². The fourth-order valence-electron chi connectivity index (χ4n) is 2.38. The van der Waals surface area contributed by atoms with Gasteiger partial charge in [-0.3, -0.25) is 20.2 Å². The number of thioether (sulfide) groups is 1. The second-order valence-corrected chi connectivity index (χ2v) is 7.18. The van der Waals surface area contributed by atoms with E-state index in [0.717, 1.165) is 17.3 Å². The zero-order chi connectivity index (χ0) is 20.3. The van der Waals surface area contributed by atoms with Crippen LogP contribution in [0.2, 0.25) is 0 Å². The van der Waals surface area contributed by atoms with E-state index >= 15 is 0 Å². The quantitative estimate of drug-likeness (QED) is 0.290. The highest BCUT2D eigenvalue weighted by molar-refractivity contribution is 9.10. The molecule has 0 aliphatic heterocycles. The fourth-order valence-corrected chi connectivity index (χ4v) is 3.47. The average Bonchev–Trinajstić information content (AvgIpc) is 3.14. The lowest BCUT2D eigenvalue weighted by atomic mass is 10.1. The highest BCUT2D eigenvalue weighted by Crippen LogP contribution is 2.39. The minimum Gasteiger partial charge on any atom is -0.485 e. The number of ether oxygens (including phenoxy) is 1. The number of nitro groups is 2. The zero-order valence-electron chi connectivity index (χ0n) is 14.2. The topological polar surface area (TPSA) is 139 Å². The van der Waals surface area contributed by atoms with Crippen LogP contribution in [0.1, 0.15) is 5.56 Å². The van der Waals surface area contributed by atoms with Crippen LogP contribution in [0.15, 0.2) is 46.0 Å². The summed E-state index contributed by atoms with van der Waals surface area (Å²) in [5.41, 5.74) is 0.150. The van der Waals surface area contributed by atoms with Crippen molar-refractivity contribution in [1.29, 1.82) is 0 Å². The molecule has 0 aliphatic rings. The highest BCUT2D eigenvalue weighted by atomic mass is 79.9. The highest BCUT2D eigenvalue weighted by Gasteiger charge is 2.28. The molecule has 0 amide bonds. The monoisotopic (exact) mass is 466 g/mol. The molecule has 0 aliphatic carbocycles. The Kier molecular flexibility index (Phi) is 5.84. The van der Waals surface area contributed by atoms with Crippen molar-refractivity contribution in [2.24, 2.45) is 0 Å². The average molecular weight is 467 g/mol. The number of hydrogen-bond donors (Lipinski definition) is 0. The summed E-state index contributed by atoms with van der Waals surface area (Å²) in [4.78, 5) is 21.1. The summed E-state index contributed by atoms with van der Waals surface area (Å²) in [5, 5.41) is 34.5. The smallest absolute Gasteiger partial charge is 0.318 e. The summed E-state index contributed by atoms with van der Waals surface area (Å²) in [6.45, 7) is 0. The maximum Gasteiger partial charge on any atom is 0.318 e. The van der Waals surface area contributed by atoms with E-state index in [0.29, 0.717) is 10.7 Å². The van der Waals surface area contributed by atoms with Crippen molar-refractivity contribution in [3.63, 3.8) is 0 Å². The Balaban J connectivity index is 1.90. The van der Waals surface area contributed by atoms with E-state index in [4.69, 9.17) is 4.74 Å². The second-order valence-electron chi connectivity index (χ2n) is 5.32. The van der Waals surface area contributed by atoms with Gasteiger partial charge in [-0.25, -0.2) is 0 Å². The van der Waals surface area contributed by atoms with Crippen molar-refractivity contribution < 1.29 is 14.6 Å². The molecule has 0 saturated carbocycles. The molecule has 1 aromatic heterocycles. The third-order valence-corrected chi connectivity index (χ3v) is 5.11. The molecule has 0 saturated heterocycles. The molecule has 2 aromatic carbocycles. The molecule has 11 nitrogen and oxygen atoms in total. The SMILES string of the molecule is COc1c([N+](=O)[O-])cc(CSc2nnnn2-c2ccc(Br)cc2)cc1[N+](=O)[O-]. The van der Waals surface area contributed by atoms with Crippen LogP contribution in [0.25, 0.3) is 5.69 Å². The summed E-state index contributed by atoms with van der Waals surface area (Å²) in [5.74, 6) is -0.203. The minimum atomic E-state index is -0.716. The number of nitro benzene ring substituents is 2. The van der Waals surface area contributed by atoms with Gasteiger partial charge in [0, 0.05) is 22.4 Å². The van der Waals surface area contributed by atoms with Gasteiger partial charge in [0.2, 0.25) is 5.16 Å². The van der Waals surface area contributed by atoms with Gasteiger partial charge >= 0.3 is 11.4 Å². The van der Waals surface area contributed by atoms with Gasteiger partial charge in [-0.05, 0) is 40.3 Å². The van der Waals surface area contributed by atoms with Crippen LogP contribution in [0.3, 0.4) is 0 Å². The molecular formula is C15H11BrN6O5S. The molecule has 0 radical (unpaired) electrons. The number of halogens is 1. The Bertz CT molecular complexity index is 1010. The first-order chi connectivity index (χ1) is 13.4. The van der Waals surface area contributed by atoms with E-state index in [9.17, 15) is 20.2 Å². The van der Waals surface area contributed by atoms with Crippen LogP contribution in [0, 0.1) is 20.2 Å². The molecule has 0 fully saturated rings. The standard InChI is InChI=1S/C15H11BrN6O5S/c1-27-14-12(21(23)24)6-9(7-13(14)22(25)26)8-28-15-17-18-19-20(15)11-4-2-10(16)3-5-11/h2-7H,8H2,1H3. The maximum atomic E-state index is 11.3. The van der Waals surface area contributed by atoms with Gasteiger partial charge in [-0.1, -0.05) is 27.7 Å². The number of hydrogen-bond acceptors (Lipinski definition) is 9. The van der Waals surface area contributed by atoms with Crippen LogP contribution >= 0.6 is 27.7 Å². The third-order valence-electron chi connectivity index (χ3n) is 3.59. The fraction of sp³-hybridized carbons (Fsp3) is 0.133. The van der Waals surface area contributed by atoms with E-state index < -0.39 is 21.2 Å². The first kappa shape index (κ1) is 19.7. The minimum absolute atomic E-state index is 0.183. The van der Waals surface area contributed by atoms with Crippen LogP contribution in [-0.4, -0.2) is 37.2 Å². The van der Waals surface area contributed by atoms with Gasteiger partial charge < -0.3 is 4.74 Å². The molecule has 28 heavy (non-hydrogen) atoms. The van der Waals surface area contributed by atoms with Crippen molar-refractivity contribution >= 4 is 39.1 Å². The van der Waals surface area contributed by atoms with Crippen LogP contribution in [-0.2, 0) is 5.75 Å². The molecule has 144 valence electrons. The Morgan fingerprint density at radius 3 is 2.29 bits per heavy atom. The summed E-state index contributed by atoms with van der Waals surface area (Å²) in [6.07, 6.45) is 0. The van der Waals surface area contributed by atoms with Gasteiger partial charge in [0.25, 0.3) is 5.75 Å². The molecule has 0 atom stereocenters. The number of aromatic nitrogens is 4. The molecule has 0 N–H and O–H groups in total. The maximum absolute atomic E-state index is 11.3. The summed E-state index contributed by atoms with van der Waals surface area (Å²) >= 11 is 4.54. The molecule has 13 heteroatoms. The third kappa shape index (κ3) is 4.09. The number of methoxy groups -OCH3 is 1. The number of benzene rings is 2. The van der Waals surface area contributed by atoms with E-state index in [2.05, 4.69) is 31.5 Å². The molecular weight excluding hydrogens is 456 g/mol. The predicted molar refractivity (Wildman–Crippen MR) is 103 cm³/mol. The van der Waals surface area contributed by atoms with Crippen LogP contribution < -0.4 is 4.74 Å². The van der Waals surface area contributed by atoms with Crippen LogP contribution in [0.5, 0.6) is 5.75 Å². The van der Waals surface area contributed by atoms with Crippen molar-refractivity contribution in [2.45, 2.75) is 10.9 Å². The van der Waals surface area contributed by atoms with E-state index in [-0.39, 0.29) is 11.5 Å². The van der Waals surface area contributed by atoms with E-state index in [1.165, 1.54) is 28.6 Å². The molecule has 3 rings (SSSR count). The first-order valence-electron chi connectivity index (χ1n) is 7.57. The molecule has 0 spiro atoms. The lowest BCUT2D eigenvalue weighted by molar-refractivity contribution is -0.395. The summed E-state index contributed by atoms with van der Waals surface area (Å²) < 4.78 is 7.26.